The summed E-state index contributed by atoms with van der Waals surface area (Å²) in [4.78, 5) is 16.2. The number of aromatic nitrogens is 1. The van der Waals surface area contributed by atoms with Crippen molar-refractivity contribution in [3.8, 4) is 0 Å². The molecule has 0 spiro atoms. The van der Waals surface area contributed by atoms with Crippen molar-refractivity contribution in [3.63, 3.8) is 0 Å². The standard InChI is InChI=1S/C14H13NO/c1-10-7-11(2)9-12(8-10)14(16)13-5-3-4-6-15-13/h3-9H,1-2H3. The molecule has 1 heterocycles. The summed E-state index contributed by atoms with van der Waals surface area (Å²) in [7, 11) is 0. The number of carbonyl (C=O) groups is 1. The molecular formula is C14H13NO. The van der Waals surface area contributed by atoms with E-state index in [9.17, 15) is 4.79 Å². The Morgan fingerprint density at radius 3 is 2.31 bits per heavy atom. The highest BCUT2D eigenvalue weighted by Crippen LogP contribution is 2.12. The molecule has 0 atom stereocenters. The molecule has 2 aromatic rings. The zero-order chi connectivity index (χ0) is 11.5. The van der Waals surface area contributed by atoms with Crippen LogP contribution in [0.5, 0.6) is 0 Å². The topological polar surface area (TPSA) is 30.0 Å². The highest BCUT2D eigenvalue weighted by Gasteiger charge is 2.10. The van der Waals surface area contributed by atoms with E-state index >= 15 is 0 Å². The van der Waals surface area contributed by atoms with Gasteiger partial charge < -0.3 is 0 Å². The highest BCUT2D eigenvalue weighted by molar-refractivity contribution is 6.07. The van der Waals surface area contributed by atoms with Gasteiger partial charge >= 0.3 is 0 Å². The van der Waals surface area contributed by atoms with E-state index in [1.54, 1.807) is 18.3 Å². The Hall–Kier alpha value is -1.96. The third-order valence-electron chi connectivity index (χ3n) is 2.38. The summed E-state index contributed by atoms with van der Waals surface area (Å²) in [5, 5.41) is 0. The van der Waals surface area contributed by atoms with Crippen LogP contribution in [0.3, 0.4) is 0 Å². The lowest BCUT2D eigenvalue weighted by molar-refractivity contribution is 0.103. The Kier molecular flexibility index (Phi) is 2.82. The van der Waals surface area contributed by atoms with Crippen molar-refractivity contribution in [3.05, 3.63) is 65.0 Å². The van der Waals surface area contributed by atoms with Crippen molar-refractivity contribution in [2.45, 2.75) is 13.8 Å². The van der Waals surface area contributed by atoms with Crippen LogP contribution >= 0.6 is 0 Å². The van der Waals surface area contributed by atoms with E-state index in [-0.39, 0.29) is 5.78 Å². The van der Waals surface area contributed by atoms with Gasteiger partial charge in [0.1, 0.15) is 5.69 Å². The SMILES string of the molecule is Cc1cc(C)cc(C(=O)c2ccccn2)c1. The first-order chi connectivity index (χ1) is 7.66. The smallest absolute Gasteiger partial charge is 0.211 e. The minimum Gasteiger partial charge on any atom is -0.287 e. The second-order valence-corrected chi connectivity index (χ2v) is 3.92. The first kappa shape index (κ1) is 10.6. The Labute approximate surface area is 95.0 Å². The second-order valence-electron chi connectivity index (χ2n) is 3.92. The summed E-state index contributed by atoms with van der Waals surface area (Å²) < 4.78 is 0. The van der Waals surface area contributed by atoms with E-state index in [2.05, 4.69) is 11.1 Å². The molecule has 0 fully saturated rings. The lowest BCUT2D eigenvalue weighted by atomic mass is 10.0. The summed E-state index contributed by atoms with van der Waals surface area (Å²) in [6, 6.07) is 11.2. The number of hydrogen-bond acceptors (Lipinski definition) is 2. The Bertz CT molecular complexity index is 497. The first-order valence-corrected chi connectivity index (χ1v) is 5.21. The number of carbonyl (C=O) groups excluding carboxylic acids is 1. The van der Waals surface area contributed by atoms with Crippen molar-refractivity contribution in [1.82, 2.24) is 4.98 Å². The Morgan fingerprint density at radius 2 is 1.75 bits per heavy atom. The van der Waals surface area contributed by atoms with Gasteiger partial charge in [-0.05, 0) is 38.1 Å². The molecular weight excluding hydrogens is 198 g/mol. The quantitative estimate of drug-likeness (QED) is 0.715. The normalized spacial score (nSPS) is 10.1. The van der Waals surface area contributed by atoms with Gasteiger partial charge in [-0.3, -0.25) is 9.78 Å². The average Bonchev–Trinajstić information content (AvgIpc) is 2.28. The molecule has 0 N–H and O–H groups in total. The van der Waals surface area contributed by atoms with Crippen LogP contribution in [-0.2, 0) is 0 Å². The maximum absolute atomic E-state index is 12.1. The van der Waals surface area contributed by atoms with Crippen molar-refractivity contribution in [2.75, 3.05) is 0 Å². The maximum Gasteiger partial charge on any atom is 0.211 e. The van der Waals surface area contributed by atoms with E-state index in [4.69, 9.17) is 0 Å². The summed E-state index contributed by atoms with van der Waals surface area (Å²) in [6.07, 6.45) is 1.63. The van der Waals surface area contributed by atoms with Gasteiger partial charge in [0, 0.05) is 11.8 Å². The second kappa shape index (κ2) is 4.27. The molecule has 2 heteroatoms. The van der Waals surface area contributed by atoms with Crippen LogP contribution in [0.1, 0.15) is 27.2 Å². The molecule has 0 amide bonds. The van der Waals surface area contributed by atoms with E-state index < -0.39 is 0 Å². The number of ketones is 1. The number of nitrogens with zero attached hydrogens (tertiary/aromatic N) is 1. The maximum atomic E-state index is 12.1. The van der Waals surface area contributed by atoms with Gasteiger partial charge in [0.05, 0.1) is 0 Å². The Morgan fingerprint density at radius 1 is 1.06 bits per heavy atom. The van der Waals surface area contributed by atoms with Crippen LogP contribution in [-0.4, -0.2) is 10.8 Å². The molecule has 0 saturated carbocycles. The van der Waals surface area contributed by atoms with Crippen LogP contribution in [0.25, 0.3) is 0 Å². The van der Waals surface area contributed by atoms with Crippen molar-refractivity contribution >= 4 is 5.78 Å². The minimum absolute atomic E-state index is 0.0209. The number of pyridine rings is 1. The van der Waals surface area contributed by atoms with E-state index in [0.717, 1.165) is 11.1 Å². The number of hydrogen-bond donors (Lipinski definition) is 0. The lowest BCUT2D eigenvalue weighted by Crippen LogP contribution is -2.04. The minimum atomic E-state index is -0.0209. The molecule has 0 aliphatic heterocycles. The van der Waals surface area contributed by atoms with E-state index in [1.807, 2.05) is 32.0 Å². The largest absolute Gasteiger partial charge is 0.287 e. The van der Waals surface area contributed by atoms with Crippen molar-refractivity contribution in [1.29, 1.82) is 0 Å². The number of benzene rings is 1. The van der Waals surface area contributed by atoms with Crippen LogP contribution in [0, 0.1) is 13.8 Å². The molecule has 1 aromatic carbocycles. The molecule has 16 heavy (non-hydrogen) atoms. The Balaban J connectivity index is 2.42. The summed E-state index contributed by atoms with van der Waals surface area (Å²) in [5.41, 5.74) is 3.39. The molecule has 0 aliphatic rings. The van der Waals surface area contributed by atoms with E-state index in [0.29, 0.717) is 11.3 Å². The molecule has 2 rings (SSSR count). The van der Waals surface area contributed by atoms with Crippen molar-refractivity contribution < 1.29 is 4.79 Å². The summed E-state index contributed by atoms with van der Waals surface area (Å²) in [6.45, 7) is 3.98. The molecule has 0 saturated heterocycles. The monoisotopic (exact) mass is 211 g/mol. The molecule has 0 aliphatic carbocycles. The molecule has 0 unspecified atom stereocenters. The van der Waals surface area contributed by atoms with Crippen LogP contribution in [0.2, 0.25) is 0 Å². The molecule has 0 radical (unpaired) electrons. The zero-order valence-electron chi connectivity index (χ0n) is 9.40. The molecule has 1 aromatic heterocycles. The van der Waals surface area contributed by atoms with Gasteiger partial charge in [-0.1, -0.05) is 23.3 Å². The lowest BCUT2D eigenvalue weighted by Gasteiger charge is -2.03. The molecule has 2 nitrogen and oxygen atoms in total. The van der Waals surface area contributed by atoms with Gasteiger partial charge in [-0.25, -0.2) is 0 Å². The van der Waals surface area contributed by atoms with Gasteiger partial charge in [0.15, 0.2) is 0 Å². The molecule has 80 valence electrons. The van der Waals surface area contributed by atoms with E-state index in [1.165, 1.54) is 0 Å². The third kappa shape index (κ3) is 2.16. The van der Waals surface area contributed by atoms with Crippen LogP contribution in [0.15, 0.2) is 42.6 Å². The summed E-state index contributed by atoms with van der Waals surface area (Å²) >= 11 is 0. The van der Waals surface area contributed by atoms with Gasteiger partial charge in [-0.2, -0.15) is 0 Å². The van der Waals surface area contributed by atoms with Gasteiger partial charge in [-0.15, -0.1) is 0 Å². The number of rotatable bonds is 2. The van der Waals surface area contributed by atoms with Crippen LogP contribution < -0.4 is 0 Å². The number of aryl methyl sites for hydroxylation is 2. The molecule has 0 bridgehead atoms. The fourth-order valence-electron chi connectivity index (χ4n) is 1.75. The first-order valence-electron chi connectivity index (χ1n) is 5.21. The van der Waals surface area contributed by atoms with Gasteiger partial charge in [0.2, 0.25) is 5.78 Å². The third-order valence-corrected chi connectivity index (χ3v) is 2.38. The highest BCUT2D eigenvalue weighted by atomic mass is 16.1. The predicted molar refractivity (Wildman–Crippen MR) is 63.6 cm³/mol. The average molecular weight is 211 g/mol. The van der Waals surface area contributed by atoms with Crippen LogP contribution in [0.4, 0.5) is 0 Å². The van der Waals surface area contributed by atoms with Gasteiger partial charge in [0.25, 0.3) is 0 Å². The summed E-state index contributed by atoms with van der Waals surface area (Å²) in [5.74, 6) is -0.0209. The fraction of sp³-hybridized carbons (Fsp3) is 0.143. The van der Waals surface area contributed by atoms with Crippen molar-refractivity contribution in [2.24, 2.45) is 0 Å². The zero-order valence-corrected chi connectivity index (χ0v) is 9.40. The fourth-order valence-corrected chi connectivity index (χ4v) is 1.75. The predicted octanol–water partition coefficient (Wildman–Crippen LogP) is 2.93.